The van der Waals surface area contributed by atoms with Crippen LogP contribution in [-0.4, -0.2) is 52.5 Å². The van der Waals surface area contributed by atoms with E-state index in [-0.39, 0.29) is 35.7 Å². The number of carbonyl (C=O) groups is 3. The van der Waals surface area contributed by atoms with E-state index in [1.54, 1.807) is 24.3 Å². The molecule has 2 bridgehead atoms. The largest absolute Gasteiger partial charge is 0.359 e. The molecule has 5 aliphatic rings. The average Bonchev–Trinajstić information content (AvgIpc) is 3.54. The molecule has 6 rings (SSSR count). The summed E-state index contributed by atoms with van der Waals surface area (Å²) in [7, 11) is 0. The summed E-state index contributed by atoms with van der Waals surface area (Å²) in [5, 5.41) is 6.77. The molecule has 38 heavy (non-hydrogen) atoms. The number of fused-ring (bicyclic) bond motifs is 1. The number of hydrogen-bond donors (Lipinski definition) is 2. The molecule has 0 unspecified atom stereocenters. The lowest BCUT2D eigenvalue weighted by Crippen LogP contribution is -2.60. The molecule has 2 aliphatic carbocycles. The van der Waals surface area contributed by atoms with Crippen molar-refractivity contribution in [3.63, 3.8) is 0 Å². The highest BCUT2D eigenvalue weighted by molar-refractivity contribution is 6.30. The minimum absolute atomic E-state index is 0.0546. The smallest absolute Gasteiger partial charge is 0.246 e. The van der Waals surface area contributed by atoms with Crippen molar-refractivity contribution < 1.29 is 19.1 Å². The molecular weight excluding hydrogens is 502 g/mol. The van der Waals surface area contributed by atoms with Crippen LogP contribution in [0.2, 0.25) is 5.02 Å². The van der Waals surface area contributed by atoms with Crippen LogP contribution in [-0.2, 0) is 19.1 Å². The van der Waals surface area contributed by atoms with Crippen molar-refractivity contribution in [2.45, 2.75) is 95.0 Å². The van der Waals surface area contributed by atoms with Crippen LogP contribution in [0.3, 0.4) is 0 Å². The molecule has 7 nitrogen and oxygen atoms in total. The number of benzene rings is 1. The van der Waals surface area contributed by atoms with Gasteiger partial charge in [-0.3, -0.25) is 14.4 Å². The topological polar surface area (TPSA) is 87.7 Å². The Balaban J connectivity index is 1.34. The van der Waals surface area contributed by atoms with Crippen LogP contribution >= 0.6 is 11.6 Å². The van der Waals surface area contributed by atoms with Gasteiger partial charge in [0.05, 0.1) is 17.9 Å². The summed E-state index contributed by atoms with van der Waals surface area (Å²) in [5.74, 6) is -1.28. The first-order chi connectivity index (χ1) is 18.3. The molecule has 1 aromatic carbocycles. The van der Waals surface area contributed by atoms with Gasteiger partial charge in [0.25, 0.3) is 0 Å². The van der Waals surface area contributed by atoms with Gasteiger partial charge in [0.15, 0.2) is 0 Å². The van der Waals surface area contributed by atoms with Crippen LogP contribution in [0.4, 0.5) is 5.69 Å². The van der Waals surface area contributed by atoms with Gasteiger partial charge in [-0.2, -0.15) is 0 Å². The molecule has 1 aromatic rings. The van der Waals surface area contributed by atoms with E-state index in [1.165, 1.54) is 6.42 Å². The van der Waals surface area contributed by atoms with Gasteiger partial charge in [-0.25, -0.2) is 0 Å². The zero-order valence-electron chi connectivity index (χ0n) is 22.2. The quantitative estimate of drug-likeness (QED) is 0.531. The lowest BCUT2D eigenvalue weighted by Gasteiger charge is -2.44. The van der Waals surface area contributed by atoms with Crippen LogP contribution in [0, 0.1) is 23.7 Å². The second kappa shape index (κ2) is 9.98. The third kappa shape index (κ3) is 4.17. The summed E-state index contributed by atoms with van der Waals surface area (Å²) in [5.41, 5.74) is -0.552. The Kier molecular flexibility index (Phi) is 6.79. The SMILES string of the molecule is C[C@@H]1[C@H](C)CCC[C@@H]1N1C(=O)[C@@H]2[C@H](C(=O)Nc3cccc(Cl)c3)[C@@H]3C=C[C@@]2(O3)[C@@H]1C(=O)NC1CCCCC1. The zero-order chi connectivity index (χ0) is 26.6. The zero-order valence-corrected chi connectivity index (χ0v) is 23.0. The fraction of sp³-hybridized carbons (Fsp3) is 0.633. The third-order valence-electron chi connectivity index (χ3n) is 9.93. The number of ether oxygens (including phenoxy) is 1. The van der Waals surface area contributed by atoms with Crippen LogP contribution in [0.15, 0.2) is 36.4 Å². The van der Waals surface area contributed by atoms with Crippen molar-refractivity contribution in [2.24, 2.45) is 23.7 Å². The molecule has 4 fully saturated rings. The van der Waals surface area contributed by atoms with Gasteiger partial charge in [-0.1, -0.05) is 75.8 Å². The molecule has 3 heterocycles. The lowest BCUT2D eigenvalue weighted by atomic mass is 9.74. The molecule has 1 spiro atoms. The minimum atomic E-state index is -1.13. The summed E-state index contributed by atoms with van der Waals surface area (Å²) >= 11 is 6.13. The third-order valence-corrected chi connectivity index (χ3v) is 10.2. The second-order valence-electron chi connectivity index (χ2n) is 12.1. The van der Waals surface area contributed by atoms with Crippen LogP contribution in [0.25, 0.3) is 0 Å². The van der Waals surface area contributed by atoms with E-state index in [9.17, 15) is 14.4 Å². The van der Waals surface area contributed by atoms with E-state index >= 15 is 0 Å². The Morgan fingerprint density at radius 3 is 2.61 bits per heavy atom. The van der Waals surface area contributed by atoms with E-state index in [1.807, 2.05) is 17.1 Å². The first kappa shape index (κ1) is 25.9. The Labute approximate surface area is 229 Å². The van der Waals surface area contributed by atoms with Gasteiger partial charge in [0.1, 0.15) is 11.6 Å². The first-order valence-electron chi connectivity index (χ1n) is 14.4. The number of halogens is 1. The second-order valence-corrected chi connectivity index (χ2v) is 12.6. The highest BCUT2D eigenvalue weighted by Crippen LogP contribution is 2.56. The molecule has 204 valence electrons. The van der Waals surface area contributed by atoms with Gasteiger partial charge in [-0.15, -0.1) is 0 Å². The summed E-state index contributed by atoms with van der Waals surface area (Å²) in [4.78, 5) is 44.0. The highest BCUT2D eigenvalue weighted by Gasteiger charge is 2.73. The Bertz CT molecular complexity index is 1150. The molecule has 8 heteroatoms. The van der Waals surface area contributed by atoms with E-state index in [4.69, 9.17) is 16.3 Å². The number of likely N-dealkylation sites (tertiary alicyclic amines) is 1. The van der Waals surface area contributed by atoms with Crippen LogP contribution in [0.1, 0.15) is 65.2 Å². The predicted molar refractivity (Wildman–Crippen MR) is 145 cm³/mol. The number of rotatable bonds is 5. The first-order valence-corrected chi connectivity index (χ1v) is 14.7. The van der Waals surface area contributed by atoms with E-state index in [2.05, 4.69) is 24.5 Å². The Morgan fingerprint density at radius 1 is 1.05 bits per heavy atom. The maximum Gasteiger partial charge on any atom is 0.246 e. The maximum absolute atomic E-state index is 14.4. The minimum Gasteiger partial charge on any atom is -0.359 e. The molecule has 2 N–H and O–H groups in total. The standard InChI is InChI=1S/C30H38ClN3O4/c1-17-8-6-13-22(18(17)2)34-26(28(36)32-20-10-4-3-5-11-20)30-15-14-23(38-30)24(25(30)29(34)37)27(35)33-21-12-7-9-19(31)16-21/h7,9,12,14-18,20,22-26H,3-6,8,10-11,13H2,1-2H3,(H,32,36)(H,33,35)/t17-,18-,22+,23+,24-,25+,26+,30+/m1/s1. The average molecular weight is 540 g/mol. The summed E-state index contributed by atoms with van der Waals surface area (Å²) in [6.45, 7) is 4.43. The molecule has 2 saturated heterocycles. The number of nitrogens with one attached hydrogen (secondary N) is 2. The van der Waals surface area contributed by atoms with Crippen LogP contribution < -0.4 is 10.6 Å². The van der Waals surface area contributed by atoms with Gasteiger partial charge < -0.3 is 20.3 Å². The molecule has 0 aromatic heterocycles. The maximum atomic E-state index is 14.4. The van der Waals surface area contributed by atoms with Crippen molar-refractivity contribution in [1.82, 2.24) is 10.2 Å². The Morgan fingerprint density at radius 2 is 1.84 bits per heavy atom. The monoisotopic (exact) mass is 539 g/mol. The Hall–Kier alpha value is -2.38. The molecule has 8 atom stereocenters. The molecule has 3 amide bonds. The van der Waals surface area contributed by atoms with Crippen molar-refractivity contribution >= 4 is 35.0 Å². The summed E-state index contributed by atoms with van der Waals surface area (Å²) < 4.78 is 6.53. The van der Waals surface area contributed by atoms with Gasteiger partial charge in [-0.05, 0) is 49.3 Å². The van der Waals surface area contributed by atoms with Crippen molar-refractivity contribution in [1.29, 1.82) is 0 Å². The molecule has 2 saturated carbocycles. The number of nitrogens with zero attached hydrogens (tertiary/aromatic N) is 1. The predicted octanol–water partition coefficient (Wildman–Crippen LogP) is 4.70. The number of amides is 3. The van der Waals surface area contributed by atoms with Crippen molar-refractivity contribution in [3.8, 4) is 0 Å². The van der Waals surface area contributed by atoms with Gasteiger partial charge >= 0.3 is 0 Å². The number of anilines is 1. The van der Waals surface area contributed by atoms with Crippen molar-refractivity contribution in [3.05, 3.63) is 41.4 Å². The van der Waals surface area contributed by atoms with E-state index < -0.39 is 29.6 Å². The lowest BCUT2D eigenvalue weighted by molar-refractivity contribution is -0.146. The fourth-order valence-electron chi connectivity index (χ4n) is 7.83. The van der Waals surface area contributed by atoms with Gasteiger partial charge in [0.2, 0.25) is 17.7 Å². The fourth-order valence-corrected chi connectivity index (χ4v) is 8.02. The van der Waals surface area contributed by atoms with E-state index in [0.717, 1.165) is 44.9 Å². The summed E-state index contributed by atoms with van der Waals surface area (Å²) in [6, 6.07) is 6.28. The molecule has 0 radical (unpaired) electrons. The van der Waals surface area contributed by atoms with Gasteiger partial charge in [0, 0.05) is 22.8 Å². The van der Waals surface area contributed by atoms with E-state index in [0.29, 0.717) is 16.6 Å². The summed E-state index contributed by atoms with van der Waals surface area (Å²) in [6.07, 6.45) is 11.6. The van der Waals surface area contributed by atoms with Crippen molar-refractivity contribution in [2.75, 3.05) is 5.32 Å². The normalized spacial score (nSPS) is 38.3. The van der Waals surface area contributed by atoms with Crippen LogP contribution in [0.5, 0.6) is 0 Å². The number of hydrogen-bond acceptors (Lipinski definition) is 4. The number of carbonyl (C=O) groups excluding carboxylic acids is 3. The highest BCUT2D eigenvalue weighted by atomic mass is 35.5. The molecular formula is C30H38ClN3O4. The molecule has 3 aliphatic heterocycles.